The van der Waals surface area contributed by atoms with Crippen LogP contribution < -0.4 is 5.32 Å². The van der Waals surface area contributed by atoms with Crippen molar-refractivity contribution in [3.63, 3.8) is 0 Å². The molecule has 6 N–H and O–H groups in total. The van der Waals surface area contributed by atoms with Crippen LogP contribution >= 0.6 is 0 Å². The lowest BCUT2D eigenvalue weighted by molar-refractivity contribution is -0.143. The van der Waals surface area contributed by atoms with Gasteiger partial charge < -0.3 is 30.8 Å². The summed E-state index contributed by atoms with van der Waals surface area (Å²) in [7, 11) is 0. The number of rotatable bonds is 14. The van der Waals surface area contributed by atoms with E-state index in [1.54, 1.807) is 6.07 Å². The average Bonchev–Trinajstić information content (AvgIpc) is 2.61. The molecule has 12 heteroatoms. The van der Waals surface area contributed by atoms with Gasteiger partial charge in [-0.3, -0.25) is 29.0 Å². The molecule has 0 aliphatic carbocycles. The largest absolute Gasteiger partial charge is 0.504 e. The Kier molecular flexibility index (Phi) is 10.1. The van der Waals surface area contributed by atoms with Crippen LogP contribution in [0.2, 0.25) is 0 Å². The molecule has 0 saturated heterocycles. The van der Waals surface area contributed by atoms with Crippen LogP contribution in [0.3, 0.4) is 0 Å². The van der Waals surface area contributed by atoms with Gasteiger partial charge in [0.05, 0.1) is 26.2 Å². The van der Waals surface area contributed by atoms with Crippen LogP contribution in [0, 0.1) is 0 Å². The Balaban J connectivity index is 2.55. The van der Waals surface area contributed by atoms with Crippen molar-refractivity contribution in [2.24, 2.45) is 0 Å². The first-order valence-electron chi connectivity index (χ1n) is 8.94. The van der Waals surface area contributed by atoms with Gasteiger partial charge in [-0.25, -0.2) is 0 Å². The van der Waals surface area contributed by atoms with Crippen molar-refractivity contribution in [2.45, 2.75) is 6.42 Å². The fourth-order valence-corrected chi connectivity index (χ4v) is 2.61. The number of carbonyl (C=O) groups excluding carboxylic acids is 1. The molecule has 0 radical (unpaired) electrons. The molecule has 0 atom stereocenters. The molecule has 0 saturated carbocycles. The molecule has 0 heterocycles. The third-order valence-corrected chi connectivity index (χ3v) is 3.95. The van der Waals surface area contributed by atoms with Gasteiger partial charge in [-0.2, -0.15) is 0 Å². The van der Waals surface area contributed by atoms with E-state index in [0.29, 0.717) is 12.0 Å². The Labute approximate surface area is 171 Å². The Bertz CT molecular complexity index is 753. The van der Waals surface area contributed by atoms with E-state index in [1.807, 2.05) is 0 Å². The zero-order chi connectivity index (χ0) is 22.7. The second-order valence-electron chi connectivity index (χ2n) is 6.53. The molecule has 1 amide bonds. The second kappa shape index (κ2) is 12.2. The Morgan fingerprint density at radius 2 is 1.27 bits per heavy atom. The van der Waals surface area contributed by atoms with Crippen LogP contribution in [0.1, 0.15) is 5.56 Å². The monoisotopic (exact) mass is 427 g/mol. The van der Waals surface area contributed by atoms with Gasteiger partial charge in [0.25, 0.3) is 0 Å². The predicted molar refractivity (Wildman–Crippen MR) is 102 cm³/mol. The van der Waals surface area contributed by atoms with Crippen molar-refractivity contribution >= 4 is 23.8 Å². The van der Waals surface area contributed by atoms with Crippen molar-refractivity contribution in [3.8, 4) is 11.5 Å². The quantitative estimate of drug-likeness (QED) is 0.192. The lowest BCUT2D eigenvalue weighted by Gasteiger charge is -2.24. The number of phenolic OH excluding ortho intramolecular Hbond substituents is 2. The van der Waals surface area contributed by atoms with Gasteiger partial charge in [-0.15, -0.1) is 0 Å². The Morgan fingerprint density at radius 3 is 1.73 bits per heavy atom. The smallest absolute Gasteiger partial charge is 0.317 e. The van der Waals surface area contributed by atoms with Crippen molar-refractivity contribution < 1.29 is 44.7 Å². The first kappa shape index (κ1) is 24.7. The van der Waals surface area contributed by atoms with Gasteiger partial charge in [0.1, 0.15) is 0 Å². The summed E-state index contributed by atoms with van der Waals surface area (Å²) in [6.45, 7) is -1.68. The first-order valence-corrected chi connectivity index (χ1v) is 8.94. The zero-order valence-corrected chi connectivity index (χ0v) is 16.2. The molecular weight excluding hydrogens is 402 g/mol. The third-order valence-electron chi connectivity index (χ3n) is 3.95. The van der Waals surface area contributed by atoms with Crippen LogP contribution in [0.25, 0.3) is 0 Å². The van der Waals surface area contributed by atoms with Crippen molar-refractivity contribution in [3.05, 3.63) is 23.8 Å². The zero-order valence-electron chi connectivity index (χ0n) is 16.2. The summed E-state index contributed by atoms with van der Waals surface area (Å²) in [6, 6.07) is 4.26. The molecule has 1 aromatic rings. The van der Waals surface area contributed by atoms with Crippen LogP contribution in [-0.2, 0) is 25.6 Å². The summed E-state index contributed by atoms with van der Waals surface area (Å²) >= 11 is 0. The molecule has 12 nitrogen and oxygen atoms in total. The van der Waals surface area contributed by atoms with E-state index < -0.39 is 43.4 Å². The van der Waals surface area contributed by atoms with Gasteiger partial charge in [0, 0.05) is 19.6 Å². The Hall–Kier alpha value is -3.38. The normalized spacial score (nSPS) is 10.9. The number of aromatic hydroxyl groups is 2. The number of hydrogen-bond acceptors (Lipinski definition) is 8. The topological polar surface area (TPSA) is 188 Å². The van der Waals surface area contributed by atoms with E-state index in [9.17, 15) is 29.4 Å². The first-order chi connectivity index (χ1) is 14.1. The molecule has 0 bridgehead atoms. The van der Waals surface area contributed by atoms with Crippen LogP contribution in [0.4, 0.5) is 0 Å². The highest BCUT2D eigenvalue weighted by Crippen LogP contribution is 2.24. The summed E-state index contributed by atoms with van der Waals surface area (Å²) in [4.78, 5) is 47.2. The summed E-state index contributed by atoms with van der Waals surface area (Å²) in [5.41, 5.74) is 0.672. The molecule has 1 rings (SSSR count). The summed E-state index contributed by atoms with van der Waals surface area (Å²) < 4.78 is 0. The lowest BCUT2D eigenvalue weighted by Crippen LogP contribution is -2.45. The van der Waals surface area contributed by atoms with Crippen molar-refractivity contribution in [1.29, 1.82) is 0 Å². The highest BCUT2D eigenvalue weighted by Gasteiger charge is 2.18. The summed E-state index contributed by atoms with van der Waals surface area (Å²) in [5.74, 6) is -4.64. The number of benzene rings is 1. The van der Waals surface area contributed by atoms with Crippen molar-refractivity contribution in [1.82, 2.24) is 15.1 Å². The fraction of sp³-hybridized carbons (Fsp3) is 0.444. The Morgan fingerprint density at radius 1 is 0.767 bits per heavy atom. The highest BCUT2D eigenvalue weighted by molar-refractivity contribution is 5.79. The van der Waals surface area contributed by atoms with E-state index in [0.717, 1.165) is 4.90 Å². The molecule has 0 spiro atoms. The number of amides is 1. The van der Waals surface area contributed by atoms with Crippen LogP contribution in [0.5, 0.6) is 11.5 Å². The number of carboxylic acid groups (broad SMARTS) is 3. The van der Waals surface area contributed by atoms with Gasteiger partial charge in [-0.05, 0) is 24.1 Å². The molecule has 0 unspecified atom stereocenters. The average molecular weight is 427 g/mol. The maximum Gasteiger partial charge on any atom is 0.317 e. The minimum Gasteiger partial charge on any atom is -0.504 e. The highest BCUT2D eigenvalue weighted by atomic mass is 16.4. The lowest BCUT2D eigenvalue weighted by atomic mass is 10.1. The van der Waals surface area contributed by atoms with E-state index >= 15 is 0 Å². The van der Waals surface area contributed by atoms with Gasteiger partial charge in [0.15, 0.2) is 11.5 Å². The fourth-order valence-electron chi connectivity index (χ4n) is 2.61. The van der Waals surface area contributed by atoms with E-state index in [4.69, 9.17) is 15.3 Å². The molecule has 166 valence electrons. The molecule has 30 heavy (non-hydrogen) atoms. The molecular formula is C18H25N3O9. The molecule has 1 aromatic carbocycles. The minimum absolute atomic E-state index is 0.0217. The summed E-state index contributed by atoms with van der Waals surface area (Å²) in [5, 5.41) is 48.0. The number of nitrogens with one attached hydrogen (secondary N) is 1. The number of phenols is 2. The van der Waals surface area contributed by atoms with E-state index in [-0.39, 0.29) is 37.7 Å². The SMILES string of the molecule is O=C(O)CN(CCN(CC(=O)O)CC(=O)NCCc1ccc(O)c(O)c1)CC(=O)O. The molecule has 0 aromatic heterocycles. The molecule has 0 fully saturated rings. The van der Waals surface area contributed by atoms with E-state index in [1.165, 1.54) is 17.0 Å². The van der Waals surface area contributed by atoms with Gasteiger partial charge in [-0.1, -0.05) is 6.07 Å². The number of carbonyl (C=O) groups is 4. The molecule has 0 aliphatic heterocycles. The third kappa shape index (κ3) is 10.2. The van der Waals surface area contributed by atoms with Gasteiger partial charge >= 0.3 is 17.9 Å². The van der Waals surface area contributed by atoms with Crippen LogP contribution in [-0.4, -0.2) is 105 Å². The standard InChI is InChI=1S/C18H25N3O9/c22-13-2-1-12(7-14(13)23)3-4-19-15(24)8-20(9-16(25)26)5-6-21(10-17(27)28)11-18(29)30/h1-2,7,22-23H,3-6,8-11H2,(H,19,24)(H,25,26)(H,27,28)(H,29,30). The molecule has 0 aliphatic rings. The van der Waals surface area contributed by atoms with Crippen LogP contribution in [0.15, 0.2) is 18.2 Å². The number of nitrogens with zero attached hydrogens (tertiary/aromatic N) is 2. The maximum atomic E-state index is 12.1. The number of hydrogen-bond donors (Lipinski definition) is 6. The minimum atomic E-state index is -1.22. The number of aliphatic carboxylic acids is 3. The maximum absolute atomic E-state index is 12.1. The second-order valence-corrected chi connectivity index (χ2v) is 6.53. The van der Waals surface area contributed by atoms with Crippen molar-refractivity contribution in [2.75, 3.05) is 45.8 Å². The number of carboxylic acids is 3. The predicted octanol–water partition coefficient (Wildman–Crippen LogP) is -1.39. The van der Waals surface area contributed by atoms with Gasteiger partial charge in [0.2, 0.25) is 5.91 Å². The van der Waals surface area contributed by atoms with E-state index in [2.05, 4.69) is 5.32 Å². The summed E-state index contributed by atoms with van der Waals surface area (Å²) in [6.07, 6.45) is 0.365.